The van der Waals surface area contributed by atoms with Crippen LogP contribution < -0.4 is 10.1 Å². The van der Waals surface area contributed by atoms with Gasteiger partial charge in [-0.15, -0.1) is 0 Å². The third-order valence-electron chi connectivity index (χ3n) is 4.63. The van der Waals surface area contributed by atoms with Crippen LogP contribution in [0.3, 0.4) is 0 Å². The minimum Gasteiger partial charge on any atom is -0.497 e. The van der Waals surface area contributed by atoms with Crippen molar-refractivity contribution in [2.75, 3.05) is 19.5 Å². The smallest absolute Gasteiger partial charge is 0.119 e. The van der Waals surface area contributed by atoms with E-state index in [1.165, 1.54) is 5.56 Å². The molecule has 2 atom stereocenters. The van der Waals surface area contributed by atoms with Crippen LogP contribution in [0.2, 0.25) is 0 Å². The van der Waals surface area contributed by atoms with Gasteiger partial charge in [0.1, 0.15) is 5.75 Å². The van der Waals surface area contributed by atoms with Crippen LogP contribution in [0.1, 0.15) is 37.1 Å². The van der Waals surface area contributed by atoms with Gasteiger partial charge in [-0.25, -0.2) is 0 Å². The molecule has 0 bridgehead atoms. The second-order valence-corrected chi connectivity index (χ2v) is 6.38. The first-order valence-electron chi connectivity index (χ1n) is 7.60. The van der Waals surface area contributed by atoms with E-state index in [1.807, 2.05) is 12.1 Å². The van der Waals surface area contributed by atoms with Crippen molar-refractivity contribution in [2.24, 2.45) is 5.41 Å². The quantitative estimate of drug-likeness (QED) is 0.899. The van der Waals surface area contributed by atoms with Gasteiger partial charge in [-0.2, -0.15) is 0 Å². The van der Waals surface area contributed by atoms with Gasteiger partial charge in [0.25, 0.3) is 0 Å². The van der Waals surface area contributed by atoms with Crippen molar-refractivity contribution >= 4 is 5.69 Å². The van der Waals surface area contributed by atoms with E-state index in [-0.39, 0.29) is 17.6 Å². The Morgan fingerprint density at radius 2 is 1.73 bits per heavy atom. The van der Waals surface area contributed by atoms with Crippen LogP contribution in [0.25, 0.3) is 0 Å². The van der Waals surface area contributed by atoms with Crippen LogP contribution in [0, 0.1) is 5.41 Å². The highest BCUT2D eigenvalue weighted by atomic mass is 16.5. The molecule has 1 N–H and O–H groups in total. The lowest BCUT2D eigenvalue weighted by Gasteiger charge is -2.46. The molecule has 22 heavy (non-hydrogen) atoms. The van der Waals surface area contributed by atoms with Gasteiger partial charge in [-0.05, 0) is 23.8 Å². The molecule has 0 fully saturated rings. The molecule has 1 aliphatic rings. The van der Waals surface area contributed by atoms with E-state index in [4.69, 9.17) is 9.47 Å². The molecule has 2 aromatic carbocycles. The summed E-state index contributed by atoms with van der Waals surface area (Å²) in [5.41, 5.74) is 3.45. The fourth-order valence-corrected chi connectivity index (χ4v) is 3.50. The summed E-state index contributed by atoms with van der Waals surface area (Å²) < 4.78 is 11.3. The molecule has 0 unspecified atom stereocenters. The molecular weight excluding hydrogens is 274 g/mol. The number of rotatable bonds is 3. The fourth-order valence-electron chi connectivity index (χ4n) is 3.50. The Bertz CT molecular complexity index is 652. The minimum absolute atomic E-state index is 0.00376. The SMILES string of the molecule is COc1ccc2c(c1)[C@@H](OC)C(C)(C)[C@@H](c1ccccc1)N2. The van der Waals surface area contributed by atoms with Crippen molar-refractivity contribution in [1.82, 2.24) is 0 Å². The Morgan fingerprint density at radius 3 is 2.36 bits per heavy atom. The predicted molar refractivity (Wildman–Crippen MR) is 89.3 cm³/mol. The van der Waals surface area contributed by atoms with Gasteiger partial charge in [0.2, 0.25) is 0 Å². The van der Waals surface area contributed by atoms with E-state index in [0.29, 0.717) is 0 Å². The first kappa shape index (κ1) is 14.9. The molecule has 0 amide bonds. The maximum absolute atomic E-state index is 5.89. The second-order valence-electron chi connectivity index (χ2n) is 6.38. The standard InChI is InChI=1S/C19H23NO2/c1-19(2)17(13-8-6-5-7-9-13)20-16-11-10-14(21-3)12-15(16)18(19)22-4/h5-12,17-18,20H,1-4H3/t17-,18-/m1/s1. The first-order valence-corrected chi connectivity index (χ1v) is 7.60. The maximum Gasteiger partial charge on any atom is 0.119 e. The number of hydrogen-bond donors (Lipinski definition) is 1. The topological polar surface area (TPSA) is 30.5 Å². The van der Waals surface area contributed by atoms with E-state index in [9.17, 15) is 0 Å². The van der Waals surface area contributed by atoms with Gasteiger partial charge in [-0.3, -0.25) is 0 Å². The summed E-state index contributed by atoms with van der Waals surface area (Å²) in [6, 6.07) is 16.9. The number of benzene rings is 2. The third-order valence-corrected chi connectivity index (χ3v) is 4.63. The van der Waals surface area contributed by atoms with Gasteiger partial charge < -0.3 is 14.8 Å². The lowest BCUT2D eigenvalue weighted by molar-refractivity contribution is -0.0108. The van der Waals surface area contributed by atoms with Crippen LogP contribution in [-0.2, 0) is 4.74 Å². The maximum atomic E-state index is 5.89. The van der Waals surface area contributed by atoms with Gasteiger partial charge in [0.05, 0.1) is 19.3 Å². The van der Waals surface area contributed by atoms with Crippen LogP contribution in [0.5, 0.6) is 5.75 Å². The molecular formula is C19H23NO2. The number of ether oxygens (including phenoxy) is 2. The first-order chi connectivity index (χ1) is 10.6. The monoisotopic (exact) mass is 297 g/mol. The van der Waals surface area contributed by atoms with Crippen LogP contribution >= 0.6 is 0 Å². The summed E-state index contributed by atoms with van der Waals surface area (Å²) in [4.78, 5) is 0. The largest absolute Gasteiger partial charge is 0.497 e. The number of nitrogens with one attached hydrogen (secondary N) is 1. The van der Waals surface area contributed by atoms with Gasteiger partial charge >= 0.3 is 0 Å². The molecule has 3 nitrogen and oxygen atoms in total. The van der Waals surface area contributed by atoms with Crippen LogP contribution in [0.4, 0.5) is 5.69 Å². The molecule has 0 saturated carbocycles. The Kier molecular flexibility index (Phi) is 3.83. The number of fused-ring (bicyclic) bond motifs is 1. The molecule has 0 spiro atoms. The van der Waals surface area contributed by atoms with E-state index < -0.39 is 0 Å². The van der Waals surface area contributed by atoms with Crippen molar-refractivity contribution in [2.45, 2.75) is 26.0 Å². The van der Waals surface area contributed by atoms with Crippen molar-refractivity contribution in [3.05, 3.63) is 59.7 Å². The van der Waals surface area contributed by atoms with Gasteiger partial charge in [0.15, 0.2) is 0 Å². The Labute approximate surface area is 132 Å². The normalized spacial score (nSPS) is 22.5. The summed E-state index contributed by atoms with van der Waals surface area (Å²) >= 11 is 0. The molecule has 0 radical (unpaired) electrons. The van der Waals surface area contributed by atoms with E-state index in [1.54, 1.807) is 14.2 Å². The Hall–Kier alpha value is -2.00. The average Bonchev–Trinajstić information content (AvgIpc) is 2.54. The third kappa shape index (κ3) is 2.35. The molecule has 3 rings (SSSR count). The van der Waals surface area contributed by atoms with Crippen molar-refractivity contribution in [3.63, 3.8) is 0 Å². The predicted octanol–water partition coefficient (Wildman–Crippen LogP) is 4.58. The molecule has 0 aromatic heterocycles. The minimum atomic E-state index is -0.0878. The number of anilines is 1. The van der Waals surface area contributed by atoms with E-state index in [2.05, 4.69) is 55.6 Å². The zero-order chi connectivity index (χ0) is 15.7. The van der Waals surface area contributed by atoms with Crippen molar-refractivity contribution < 1.29 is 9.47 Å². The average molecular weight is 297 g/mol. The molecule has 3 heteroatoms. The van der Waals surface area contributed by atoms with Crippen LogP contribution in [-0.4, -0.2) is 14.2 Å². The fraction of sp³-hybridized carbons (Fsp3) is 0.368. The zero-order valence-corrected chi connectivity index (χ0v) is 13.6. The molecule has 0 aliphatic carbocycles. The summed E-state index contributed by atoms with van der Waals surface area (Å²) in [6.45, 7) is 4.49. The summed E-state index contributed by atoms with van der Waals surface area (Å²) in [6.07, 6.45) is 0.00376. The molecule has 1 heterocycles. The van der Waals surface area contributed by atoms with E-state index in [0.717, 1.165) is 17.0 Å². The number of methoxy groups -OCH3 is 2. The zero-order valence-electron chi connectivity index (χ0n) is 13.6. The van der Waals surface area contributed by atoms with Crippen LogP contribution in [0.15, 0.2) is 48.5 Å². The Morgan fingerprint density at radius 1 is 1.00 bits per heavy atom. The summed E-state index contributed by atoms with van der Waals surface area (Å²) in [7, 11) is 3.47. The van der Waals surface area contributed by atoms with Crippen molar-refractivity contribution in [3.8, 4) is 5.75 Å². The van der Waals surface area contributed by atoms with E-state index >= 15 is 0 Å². The molecule has 0 saturated heterocycles. The highest BCUT2D eigenvalue weighted by Gasteiger charge is 2.44. The second kappa shape index (κ2) is 5.65. The molecule has 1 aliphatic heterocycles. The highest BCUT2D eigenvalue weighted by molar-refractivity contribution is 5.60. The van der Waals surface area contributed by atoms with Crippen molar-refractivity contribution in [1.29, 1.82) is 0 Å². The number of hydrogen-bond acceptors (Lipinski definition) is 3. The lowest BCUT2D eigenvalue weighted by Crippen LogP contribution is -2.39. The highest BCUT2D eigenvalue weighted by Crippen LogP contribution is 2.53. The summed E-state index contributed by atoms with van der Waals surface area (Å²) in [5, 5.41) is 3.68. The summed E-state index contributed by atoms with van der Waals surface area (Å²) in [5.74, 6) is 0.858. The van der Waals surface area contributed by atoms with Gasteiger partial charge in [0, 0.05) is 23.8 Å². The Balaban J connectivity index is 2.10. The lowest BCUT2D eigenvalue weighted by atomic mass is 9.70. The molecule has 116 valence electrons. The molecule has 2 aromatic rings. The van der Waals surface area contributed by atoms with Gasteiger partial charge in [-0.1, -0.05) is 44.2 Å².